The molecule has 1 atom stereocenters. The quantitative estimate of drug-likeness (QED) is 0.646. The molecule has 4 nitrogen and oxygen atoms in total. The average molecular weight is 387 g/mol. The van der Waals surface area contributed by atoms with E-state index in [4.69, 9.17) is 0 Å². The molecule has 0 spiro atoms. The number of fused-ring (bicyclic) bond motifs is 1. The van der Waals surface area contributed by atoms with Crippen LogP contribution in [0.15, 0.2) is 35.4 Å². The molecule has 1 unspecified atom stereocenters. The number of hydrogen-bond acceptors (Lipinski definition) is 2. The Kier molecular flexibility index (Phi) is 5.70. The summed E-state index contributed by atoms with van der Waals surface area (Å²) in [5.41, 5.74) is 5.01. The lowest BCUT2D eigenvalue weighted by atomic mass is 9.86. The van der Waals surface area contributed by atoms with Gasteiger partial charge >= 0.3 is 0 Å². The zero-order valence-corrected chi connectivity index (χ0v) is 14.4. The van der Waals surface area contributed by atoms with E-state index in [0.717, 1.165) is 11.9 Å². The highest BCUT2D eigenvalue weighted by molar-refractivity contribution is 5.76. The van der Waals surface area contributed by atoms with Gasteiger partial charge in [-0.1, -0.05) is 26.0 Å². The summed E-state index contributed by atoms with van der Waals surface area (Å²) in [5, 5.41) is 0.681. The summed E-state index contributed by atoms with van der Waals surface area (Å²) < 4.78 is 1.69. The van der Waals surface area contributed by atoms with Crippen LogP contribution in [0, 0.1) is 5.92 Å². The fourth-order valence-corrected chi connectivity index (χ4v) is 1.93. The summed E-state index contributed by atoms with van der Waals surface area (Å²) in [5.74, 6) is 0.483. The first-order valence-electron chi connectivity index (χ1n) is 6.71. The molecule has 5 heteroatoms. The standard InChI is InChI=1S/C15H21N3O.HI/c1-11(2)15(3,16)8-9-18-10-17-13-7-5-4-6-12(13)14(18)19;/h4-7,10-11H,8-9,16H2,1-3H3;1H. The van der Waals surface area contributed by atoms with Crippen molar-refractivity contribution in [2.24, 2.45) is 5.92 Å². The molecule has 0 amide bonds. The SMILES string of the molecule is CC(C)C(C)([NH3+])CCn1cnc2ccccc2c1=O.[I-]. The van der Waals surface area contributed by atoms with Crippen LogP contribution in [0.2, 0.25) is 0 Å². The van der Waals surface area contributed by atoms with Gasteiger partial charge in [0.05, 0.1) is 22.8 Å². The minimum absolute atomic E-state index is 0. The Balaban J connectivity index is 0.00000200. The average Bonchev–Trinajstić information content (AvgIpc) is 2.38. The molecule has 3 N–H and O–H groups in total. The first-order valence-corrected chi connectivity index (χ1v) is 6.71. The van der Waals surface area contributed by atoms with E-state index in [1.165, 1.54) is 0 Å². The molecule has 110 valence electrons. The molecule has 20 heavy (non-hydrogen) atoms. The highest BCUT2D eigenvalue weighted by atomic mass is 127. The number of halogens is 1. The third-order valence-corrected chi connectivity index (χ3v) is 4.05. The van der Waals surface area contributed by atoms with Crippen LogP contribution < -0.4 is 35.3 Å². The molecule has 0 aliphatic heterocycles. The van der Waals surface area contributed by atoms with E-state index in [9.17, 15) is 4.79 Å². The van der Waals surface area contributed by atoms with Crippen molar-refractivity contribution in [2.45, 2.75) is 39.3 Å². The molecule has 0 fully saturated rings. The summed E-state index contributed by atoms with van der Waals surface area (Å²) in [6, 6.07) is 7.45. The molecule has 0 bridgehead atoms. The Morgan fingerprint density at radius 3 is 2.65 bits per heavy atom. The van der Waals surface area contributed by atoms with Crippen LogP contribution >= 0.6 is 0 Å². The fraction of sp³-hybridized carbons (Fsp3) is 0.467. The van der Waals surface area contributed by atoms with Crippen molar-refractivity contribution in [3.05, 3.63) is 40.9 Å². The van der Waals surface area contributed by atoms with Gasteiger partial charge in [0.15, 0.2) is 0 Å². The summed E-state index contributed by atoms with van der Waals surface area (Å²) in [6.45, 7) is 7.12. The number of quaternary nitrogens is 1. The molecule has 1 aromatic carbocycles. The number of aryl methyl sites for hydroxylation is 1. The van der Waals surface area contributed by atoms with E-state index in [0.29, 0.717) is 17.8 Å². The Morgan fingerprint density at radius 2 is 2.00 bits per heavy atom. The third-order valence-electron chi connectivity index (χ3n) is 4.05. The molecule has 1 heterocycles. The van der Waals surface area contributed by atoms with Crippen molar-refractivity contribution in [3.63, 3.8) is 0 Å². The smallest absolute Gasteiger partial charge is 0.261 e. The molecule has 0 radical (unpaired) electrons. The van der Waals surface area contributed by atoms with Crippen LogP contribution in [0.25, 0.3) is 10.9 Å². The third kappa shape index (κ3) is 3.58. The first-order chi connectivity index (χ1) is 8.92. The van der Waals surface area contributed by atoms with Gasteiger partial charge in [-0.3, -0.25) is 9.36 Å². The highest BCUT2D eigenvalue weighted by Gasteiger charge is 2.26. The zero-order chi connectivity index (χ0) is 14.0. The molecule has 1 aromatic heterocycles. The van der Waals surface area contributed by atoms with Gasteiger partial charge in [0.25, 0.3) is 5.56 Å². The molecule has 0 saturated heterocycles. The minimum Gasteiger partial charge on any atom is -1.00 e. The van der Waals surface area contributed by atoms with E-state index >= 15 is 0 Å². The number of aromatic nitrogens is 2. The molecular weight excluding hydrogens is 365 g/mol. The topological polar surface area (TPSA) is 62.5 Å². The lowest BCUT2D eigenvalue weighted by Gasteiger charge is -2.25. The van der Waals surface area contributed by atoms with Gasteiger partial charge in [0, 0.05) is 18.9 Å². The fourth-order valence-electron chi connectivity index (χ4n) is 1.93. The van der Waals surface area contributed by atoms with Crippen molar-refractivity contribution >= 4 is 10.9 Å². The monoisotopic (exact) mass is 387 g/mol. The maximum Gasteiger partial charge on any atom is 0.261 e. The normalized spacial score (nSPS) is 14.1. The Labute approximate surface area is 136 Å². The van der Waals surface area contributed by atoms with Crippen LogP contribution in [0.4, 0.5) is 0 Å². The van der Waals surface area contributed by atoms with Crippen molar-refractivity contribution in [2.75, 3.05) is 0 Å². The van der Waals surface area contributed by atoms with Gasteiger partial charge in [-0.2, -0.15) is 0 Å². The van der Waals surface area contributed by atoms with Gasteiger partial charge in [-0.25, -0.2) is 4.98 Å². The second-order valence-electron chi connectivity index (χ2n) is 5.82. The predicted molar refractivity (Wildman–Crippen MR) is 76.8 cm³/mol. The van der Waals surface area contributed by atoms with E-state index < -0.39 is 0 Å². The summed E-state index contributed by atoms with van der Waals surface area (Å²) in [7, 11) is 0. The molecule has 2 rings (SSSR count). The zero-order valence-electron chi connectivity index (χ0n) is 12.3. The van der Waals surface area contributed by atoms with Crippen LogP contribution in [0.3, 0.4) is 0 Å². The van der Waals surface area contributed by atoms with Crippen molar-refractivity contribution < 1.29 is 29.7 Å². The summed E-state index contributed by atoms with van der Waals surface area (Å²) in [6.07, 6.45) is 2.51. The van der Waals surface area contributed by atoms with Crippen molar-refractivity contribution in [1.29, 1.82) is 0 Å². The Morgan fingerprint density at radius 1 is 1.35 bits per heavy atom. The van der Waals surface area contributed by atoms with E-state index in [2.05, 4.69) is 31.5 Å². The van der Waals surface area contributed by atoms with E-state index in [1.807, 2.05) is 24.3 Å². The molecular formula is C15H22IN3O. The molecule has 0 aliphatic carbocycles. The number of nitrogens with zero attached hydrogens (tertiary/aromatic N) is 2. The van der Waals surface area contributed by atoms with Crippen LogP contribution in [-0.4, -0.2) is 15.1 Å². The second-order valence-corrected chi connectivity index (χ2v) is 5.82. The van der Waals surface area contributed by atoms with Crippen molar-refractivity contribution in [1.82, 2.24) is 9.55 Å². The largest absolute Gasteiger partial charge is 1.00 e. The lowest BCUT2D eigenvalue weighted by molar-refractivity contribution is -0.486. The maximum atomic E-state index is 12.3. The van der Waals surface area contributed by atoms with E-state index in [1.54, 1.807) is 10.9 Å². The van der Waals surface area contributed by atoms with Gasteiger partial charge < -0.3 is 29.7 Å². The van der Waals surface area contributed by atoms with Gasteiger partial charge in [-0.05, 0) is 19.1 Å². The number of hydrogen-bond donors (Lipinski definition) is 1. The van der Waals surface area contributed by atoms with Gasteiger partial charge in [-0.15, -0.1) is 0 Å². The van der Waals surface area contributed by atoms with Gasteiger partial charge in [0.2, 0.25) is 0 Å². The highest BCUT2D eigenvalue weighted by Crippen LogP contribution is 2.15. The predicted octanol–water partition coefficient (Wildman–Crippen LogP) is -1.55. The van der Waals surface area contributed by atoms with E-state index in [-0.39, 0.29) is 35.1 Å². The molecule has 0 saturated carbocycles. The van der Waals surface area contributed by atoms with Gasteiger partial charge in [0.1, 0.15) is 0 Å². The molecule has 0 aliphatic rings. The number of para-hydroxylation sites is 1. The Hall–Kier alpha value is -0.950. The maximum absolute atomic E-state index is 12.3. The number of rotatable bonds is 4. The lowest BCUT2D eigenvalue weighted by Crippen LogP contribution is -3.00. The summed E-state index contributed by atoms with van der Waals surface area (Å²) in [4.78, 5) is 16.6. The van der Waals surface area contributed by atoms with Crippen LogP contribution in [-0.2, 0) is 6.54 Å². The van der Waals surface area contributed by atoms with Crippen molar-refractivity contribution in [3.8, 4) is 0 Å². The second kappa shape index (κ2) is 6.67. The van der Waals surface area contributed by atoms with Crippen LogP contribution in [0.5, 0.6) is 0 Å². The number of benzene rings is 1. The van der Waals surface area contributed by atoms with Crippen LogP contribution in [0.1, 0.15) is 27.2 Å². The summed E-state index contributed by atoms with van der Waals surface area (Å²) >= 11 is 0. The minimum atomic E-state index is -0.0227. The molecule has 2 aromatic rings. The Bertz CT molecular complexity index is 634. The first kappa shape index (κ1) is 17.1.